The average molecular weight is 290 g/mol. The number of aliphatic hydroxyl groups excluding tert-OH is 1. The van der Waals surface area contributed by atoms with Gasteiger partial charge in [0.05, 0.1) is 5.56 Å². The number of aromatic hydroxyl groups is 1. The number of ether oxygens (including phenoxy) is 1. The van der Waals surface area contributed by atoms with Gasteiger partial charge in [0.25, 0.3) is 0 Å². The molecule has 0 spiro atoms. The van der Waals surface area contributed by atoms with Crippen molar-refractivity contribution in [2.24, 2.45) is 5.92 Å². The Morgan fingerprint density at radius 2 is 1.90 bits per heavy atom. The van der Waals surface area contributed by atoms with Gasteiger partial charge in [-0.25, -0.2) is 0 Å². The minimum atomic E-state index is -1.21. The van der Waals surface area contributed by atoms with Crippen molar-refractivity contribution in [3.63, 3.8) is 0 Å². The summed E-state index contributed by atoms with van der Waals surface area (Å²) in [7, 11) is 0. The highest BCUT2D eigenvalue weighted by Crippen LogP contribution is 2.33. The summed E-state index contributed by atoms with van der Waals surface area (Å²) in [4.78, 5) is 0. The minimum Gasteiger partial charge on any atom is -0.507 e. The summed E-state index contributed by atoms with van der Waals surface area (Å²) < 4.78 is 5.57. The second-order valence-electron chi connectivity index (χ2n) is 6.45. The summed E-state index contributed by atoms with van der Waals surface area (Å²) in [6.07, 6.45) is 2.13. The molecule has 2 N–H and O–H groups in total. The van der Waals surface area contributed by atoms with Crippen LogP contribution >= 0.6 is 0 Å². The molecule has 0 amide bonds. The second kappa shape index (κ2) is 6.81. The quantitative estimate of drug-likeness (QED) is 0.479. The fraction of sp³-hybridized carbons (Fsp3) is 0.444. The number of rotatable bonds is 5. The Bertz CT molecular complexity index is 522. The van der Waals surface area contributed by atoms with Crippen molar-refractivity contribution in [2.75, 3.05) is 0 Å². The van der Waals surface area contributed by atoms with E-state index in [1.165, 1.54) is 0 Å². The molecule has 3 nitrogen and oxygen atoms in total. The van der Waals surface area contributed by atoms with Crippen LogP contribution in [0.3, 0.4) is 0 Å². The van der Waals surface area contributed by atoms with Crippen LogP contribution in [-0.2, 0) is 10.2 Å². The highest BCUT2D eigenvalue weighted by molar-refractivity contribution is 5.39. The van der Waals surface area contributed by atoms with E-state index in [2.05, 4.69) is 27.4 Å². The summed E-state index contributed by atoms with van der Waals surface area (Å²) in [6, 6.07) is 5.23. The lowest BCUT2D eigenvalue weighted by molar-refractivity contribution is -0.0765. The van der Waals surface area contributed by atoms with Crippen LogP contribution in [0.4, 0.5) is 0 Å². The monoisotopic (exact) mass is 290 g/mol. The molecule has 1 unspecified atom stereocenters. The van der Waals surface area contributed by atoms with Crippen molar-refractivity contribution in [3.05, 3.63) is 53.8 Å². The molecule has 0 aliphatic heterocycles. The molecule has 1 rings (SSSR count). The van der Waals surface area contributed by atoms with Crippen LogP contribution in [0.2, 0.25) is 0 Å². The lowest BCUT2D eigenvalue weighted by Gasteiger charge is -2.23. The summed E-state index contributed by atoms with van der Waals surface area (Å²) in [5.74, 6) is 0.765. The maximum atomic E-state index is 10.3. The van der Waals surface area contributed by atoms with Crippen molar-refractivity contribution < 1.29 is 14.9 Å². The fourth-order valence-corrected chi connectivity index (χ4v) is 1.90. The summed E-state index contributed by atoms with van der Waals surface area (Å²) in [5.41, 5.74) is 1.33. The first-order valence-electron chi connectivity index (χ1n) is 7.17. The normalized spacial score (nSPS) is 14.1. The Morgan fingerprint density at radius 1 is 1.29 bits per heavy atom. The number of hydrogen-bond acceptors (Lipinski definition) is 3. The van der Waals surface area contributed by atoms with Gasteiger partial charge in [-0.05, 0) is 29.2 Å². The highest BCUT2D eigenvalue weighted by atomic mass is 16.6. The SMILES string of the molecule is C=C/C=C(/OC(O)c1cc(C(C)(C)C)ccc1O)C(C)C. The molecule has 0 radical (unpaired) electrons. The van der Waals surface area contributed by atoms with Crippen LogP contribution in [0, 0.1) is 5.92 Å². The summed E-state index contributed by atoms with van der Waals surface area (Å²) >= 11 is 0. The first kappa shape index (κ1) is 17.3. The van der Waals surface area contributed by atoms with Gasteiger partial charge in [0.2, 0.25) is 6.29 Å². The van der Waals surface area contributed by atoms with Gasteiger partial charge in [0.15, 0.2) is 0 Å². The highest BCUT2D eigenvalue weighted by Gasteiger charge is 2.21. The van der Waals surface area contributed by atoms with E-state index in [9.17, 15) is 10.2 Å². The zero-order chi connectivity index (χ0) is 16.2. The second-order valence-corrected chi connectivity index (χ2v) is 6.45. The molecule has 1 atom stereocenters. The van der Waals surface area contributed by atoms with Crippen LogP contribution < -0.4 is 0 Å². The number of phenolic OH excluding ortho intramolecular Hbond substituents is 1. The molecule has 0 aliphatic rings. The van der Waals surface area contributed by atoms with Crippen LogP contribution in [0.5, 0.6) is 5.75 Å². The molecular weight excluding hydrogens is 264 g/mol. The number of aliphatic hydroxyl groups is 1. The average Bonchev–Trinajstić information content (AvgIpc) is 2.36. The van der Waals surface area contributed by atoms with Gasteiger partial charge in [-0.1, -0.05) is 53.3 Å². The zero-order valence-electron chi connectivity index (χ0n) is 13.6. The predicted octanol–water partition coefficient (Wildman–Crippen LogP) is 4.42. The first-order chi connectivity index (χ1) is 9.66. The lowest BCUT2D eigenvalue weighted by Crippen LogP contribution is -2.13. The molecule has 21 heavy (non-hydrogen) atoms. The Hall–Kier alpha value is -1.74. The van der Waals surface area contributed by atoms with E-state index in [1.807, 2.05) is 19.9 Å². The molecule has 0 fully saturated rings. The third kappa shape index (κ3) is 4.64. The van der Waals surface area contributed by atoms with E-state index in [1.54, 1.807) is 24.3 Å². The smallest absolute Gasteiger partial charge is 0.227 e. The largest absolute Gasteiger partial charge is 0.507 e. The fourth-order valence-electron chi connectivity index (χ4n) is 1.90. The van der Waals surface area contributed by atoms with Crippen LogP contribution in [-0.4, -0.2) is 10.2 Å². The topological polar surface area (TPSA) is 49.7 Å². The van der Waals surface area contributed by atoms with E-state index < -0.39 is 6.29 Å². The standard InChI is InChI=1S/C18H26O3/c1-7-8-16(12(2)3)21-17(20)14-11-13(18(4,5)6)9-10-15(14)19/h7-12,17,19-20H,1H2,2-6H3/b16-8+. The van der Waals surface area contributed by atoms with Gasteiger partial charge < -0.3 is 14.9 Å². The van der Waals surface area contributed by atoms with Crippen LogP contribution in [0.1, 0.15) is 52.0 Å². The van der Waals surface area contributed by atoms with Crippen molar-refractivity contribution in [2.45, 2.75) is 46.3 Å². The Labute approximate surface area is 127 Å². The molecular formula is C18H26O3. The Kier molecular flexibility index (Phi) is 5.62. The summed E-state index contributed by atoms with van der Waals surface area (Å²) in [5, 5.41) is 20.3. The van der Waals surface area contributed by atoms with Crippen molar-refractivity contribution in [1.82, 2.24) is 0 Å². The van der Waals surface area contributed by atoms with E-state index in [4.69, 9.17) is 4.74 Å². The maximum Gasteiger partial charge on any atom is 0.227 e. The molecule has 1 aromatic rings. The number of allylic oxidation sites excluding steroid dienone is 3. The van der Waals surface area contributed by atoms with E-state index in [0.717, 1.165) is 5.56 Å². The lowest BCUT2D eigenvalue weighted by atomic mass is 9.86. The van der Waals surface area contributed by atoms with E-state index in [0.29, 0.717) is 11.3 Å². The summed E-state index contributed by atoms with van der Waals surface area (Å²) in [6.45, 7) is 13.8. The minimum absolute atomic E-state index is 0.0252. The number of benzene rings is 1. The molecule has 0 aliphatic carbocycles. The van der Waals surface area contributed by atoms with Crippen molar-refractivity contribution >= 4 is 0 Å². The van der Waals surface area contributed by atoms with Crippen molar-refractivity contribution in [1.29, 1.82) is 0 Å². The van der Waals surface area contributed by atoms with Crippen molar-refractivity contribution in [3.8, 4) is 5.75 Å². The van der Waals surface area contributed by atoms with Gasteiger partial charge in [0.1, 0.15) is 11.5 Å². The molecule has 0 saturated carbocycles. The van der Waals surface area contributed by atoms with E-state index >= 15 is 0 Å². The molecule has 116 valence electrons. The third-order valence-corrected chi connectivity index (χ3v) is 3.26. The number of hydrogen-bond donors (Lipinski definition) is 2. The van der Waals surface area contributed by atoms with Gasteiger partial charge >= 0.3 is 0 Å². The van der Waals surface area contributed by atoms with Crippen LogP contribution in [0.15, 0.2) is 42.7 Å². The predicted molar refractivity (Wildman–Crippen MR) is 86.0 cm³/mol. The molecule has 0 aromatic heterocycles. The molecule has 1 aromatic carbocycles. The maximum absolute atomic E-state index is 10.3. The first-order valence-corrected chi connectivity index (χ1v) is 7.17. The van der Waals surface area contributed by atoms with E-state index in [-0.39, 0.29) is 17.1 Å². The zero-order valence-corrected chi connectivity index (χ0v) is 13.6. The Balaban J connectivity index is 3.09. The van der Waals surface area contributed by atoms with Gasteiger partial charge in [-0.2, -0.15) is 0 Å². The third-order valence-electron chi connectivity index (χ3n) is 3.26. The Morgan fingerprint density at radius 3 is 2.38 bits per heavy atom. The molecule has 3 heteroatoms. The van der Waals surface area contributed by atoms with Crippen LogP contribution in [0.25, 0.3) is 0 Å². The van der Waals surface area contributed by atoms with Gasteiger partial charge in [-0.15, -0.1) is 0 Å². The number of phenols is 1. The molecule has 0 heterocycles. The van der Waals surface area contributed by atoms with Gasteiger partial charge in [0, 0.05) is 5.92 Å². The molecule has 0 bridgehead atoms. The molecule has 0 saturated heterocycles. The van der Waals surface area contributed by atoms with Gasteiger partial charge in [-0.3, -0.25) is 0 Å².